The van der Waals surface area contributed by atoms with Gasteiger partial charge in [0.05, 0.1) is 11.7 Å². The van der Waals surface area contributed by atoms with Crippen molar-refractivity contribution >= 4 is 44.8 Å². The van der Waals surface area contributed by atoms with Crippen LogP contribution in [0.5, 0.6) is 0 Å². The van der Waals surface area contributed by atoms with Gasteiger partial charge in [-0.1, -0.05) is 48.3 Å². The van der Waals surface area contributed by atoms with Gasteiger partial charge in [-0.25, -0.2) is 12.7 Å². The second-order valence-corrected chi connectivity index (χ2v) is 10.0. The van der Waals surface area contributed by atoms with Crippen LogP contribution in [0.2, 0.25) is 10.0 Å². The SMILES string of the molecule is CCc1ccc(NC(=O)C2CCCN(S(=O)(=O)Cc3ccc(Cl)cc3Cl)C2)cc1. The summed E-state index contributed by atoms with van der Waals surface area (Å²) in [4.78, 5) is 12.7. The maximum absolute atomic E-state index is 12.9. The number of rotatable bonds is 6. The molecular formula is C21H24Cl2N2O3S. The molecule has 1 heterocycles. The molecule has 0 bridgehead atoms. The Balaban J connectivity index is 1.66. The Kier molecular flexibility index (Phi) is 7.22. The maximum Gasteiger partial charge on any atom is 0.228 e. The average molecular weight is 455 g/mol. The molecule has 3 rings (SSSR count). The summed E-state index contributed by atoms with van der Waals surface area (Å²) in [6.45, 7) is 2.65. The van der Waals surface area contributed by atoms with E-state index in [1.807, 2.05) is 24.3 Å². The van der Waals surface area contributed by atoms with E-state index in [9.17, 15) is 13.2 Å². The van der Waals surface area contributed by atoms with E-state index in [2.05, 4.69) is 12.2 Å². The molecule has 2 aromatic rings. The molecule has 1 aliphatic heterocycles. The van der Waals surface area contributed by atoms with Crippen molar-refractivity contribution in [2.24, 2.45) is 5.92 Å². The van der Waals surface area contributed by atoms with E-state index in [4.69, 9.17) is 23.2 Å². The summed E-state index contributed by atoms with van der Waals surface area (Å²) in [5.41, 5.74) is 2.41. The molecule has 29 heavy (non-hydrogen) atoms. The minimum Gasteiger partial charge on any atom is -0.326 e. The van der Waals surface area contributed by atoms with Crippen molar-refractivity contribution in [2.75, 3.05) is 18.4 Å². The van der Waals surface area contributed by atoms with Gasteiger partial charge in [-0.2, -0.15) is 0 Å². The van der Waals surface area contributed by atoms with Crippen molar-refractivity contribution in [1.82, 2.24) is 4.31 Å². The van der Waals surface area contributed by atoms with Gasteiger partial charge in [0.2, 0.25) is 15.9 Å². The molecule has 8 heteroatoms. The Labute approximate surface area is 182 Å². The molecule has 1 N–H and O–H groups in total. The van der Waals surface area contributed by atoms with Crippen molar-refractivity contribution in [2.45, 2.75) is 31.9 Å². The Morgan fingerprint density at radius 2 is 1.90 bits per heavy atom. The highest BCUT2D eigenvalue weighted by Gasteiger charge is 2.32. The van der Waals surface area contributed by atoms with Crippen LogP contribution in [0.4, 0.5) is 5.69 Å². The largest absolute Gasteiger partial charge is 0.326 e. The number of carbonyl (C=O) groups is 1. The topological polar surface area (TPSA) is 66.5 Å². The molecule has 156 valence electrons. The van der Waals surface area contributed by atoms with Crippen LogP contribution < -0.4 is 5.32 Å². The molecule has 0 radical (unpaired) electrons. The van der Waals surface area contributed by atoms with Crippen molar-refractivity contribution in [3.8, 4) is 0 Å². The predicted octanol–water partition coefficient (Wildman–Crippen LogP) is 4.74. The number of sulfonamides is 1. The van der Waals surface area contributed by atoms with E-state index >= 15 is 0 Å². The highest BCUT2D eigenvalue weighted by molar-refractivity contribution is 7.88. The van der Waals surface area contributed by atoms with Gasteiger partial charge < -0.3 is 5.32 Å². The zero-order chi connectivity index (χ0) is 21.0. The van der Waals surface area contributed by atoms with Gasteiger partial charge in [-0.15, -0.1) is 0 Å². The first-order valence-electron chi connectivity index (χ1n) is 9.60. The zero-order valence-corrected chi connectivity index (χ0v) is 18.5. The lowest BCUT2D eigenvalue weighted by Gasteiger charge is -2.31. The molecule has 0 aliphatic carbocycles. The molecule has 0 aromatic heterocycles. The number of piperidine rings is 1. The molecule has 1 amide bonds. The maximum atomic E-state index is 12.9. The molecule has 2 aromatic carbocycles. The number of nitrogens with zero attached hydrogens (tertiary/aromatic N) is 1. The number of amides is 1. The Morgan fingerprint density at radius 1 is 1.17 bits per heavy atom. The molecule has 1 fully saturated rings. The summed E-state index contributed by atoms with van der Waals surface area (Å²) in [5, 5.41) is 3.68. The van der Waals surface area contributed by atoms with Crippen molar-refractivity contribution in [3.63, 3.8) is 0 Å². The van der Waals surface area contributed by atoms with Gasteiger partial charge in [0, 0.05) is 28.8 Å². The van der Waals surface area contributed by atoms with E-state index < -0.39 is 10.0 Å². The number of carbonyl (C=O) groups excluding carboxylic acids is 1. The van der Waals surface area contributed by atoms with E-state index in [0.717, 1.165) is 12.1 Å². The fourth-order valence-corrected chi connectivity index (χ4v) is 5.60. The summed E-state index contributed by atoms with van der Waals surface area (Å²) in [6.07, 6.45) is 2.23. The van der Waals surface area contributed by atoms with E-state index in [-0.39, 0.29) is 24.1 Å². The van der Waals surface area contributed by atoms with Gasteiger partial charge in [0.25, 0.3) is 0 Å². The summed E-state index contributed by atoms with van der Waals surface area (Å²) in [6, 6.07) is 12.5. The highest BCUT2D eigenvalue weighted by atomic mass is 35.5. The van der Waals surface area contributed by atoms with E-state index in [1.54, 1.807) is 12.1 Å². The number of benzene rings is 2. The minimum atomic E-state index is -3.59. The first-order chi connectivity index (χ1) is 13.8. The molecule has 1 atom stereocenters. The lowest BCUT2D eigenvalue weighted by Crippen LogP contribution is -2.44. The summed E-state index contributed by atoms with van der Waals surface area (Å²) in [7, 11) is -3.59. The summed E-state index contributed by atoms with van der Waals surface area (Å²) < 4.78 is 27.2. The van der Waals surface area contributed by atoms with Crippen LogP contribution in [-0.2, 0) is 27.0 Å². The molecule has 1 saturated heterocycles. The van der Waals surface area contributed by atoms with Crippen LogP contribution in [-0.4, -0.2) is 31.7 Å². The van der Waals surface area contributed by atoms with E-state index in [1.165, 1.54) is 15.9 Å². The van der Waals surface area contributed by atoms with Crippen LogP contribution in [0, 0.1) is 5.92 Å². The van der Waals surface area contributed by atoms with Crippen LogP contribution in [0.15, 0.2) is 42.5 Å². The zero-order valence-electron chi connectivity index (χ0n) is 16.2. The fourth-order valence-electron chi connectivity index (χ4n) is 3.40. The predicted molar refractivity (Wildman–Crippen MR) is 118 cm³/mol. The average Bonchev–Trinajstić information content (AvgIpc) is 2.71. The Bertz CT molecular complexity index is 978. The molecule has 1 unspecified atom stereocenters. The first kappa shape index (κ1) is 22.1. The van der Waals surface area contributed by atoms with Crippen molar-refractivity contribution in [3.05, 3.63) is 63.6 Å². The molecule has 0 saturated carbocycles. The number of anilines is 1. The minimum absolute atomic E-state index is 0.154. The highest BCUT2D eigenvalue weighted by Crippen LogP contribution is 2.27. The second kappa shape index (κ2) is 9.47. The van der Waals surface area contributed by atoms with Crippen LogP contribution in [0.3, 0.4) is 0 Å². The molecule has 1 aliphatic rings. The van der Waals surface area contributed by atoms with Crippen molar-refractivity contribution < 1.29 is 13.2 Å². The van der Waals surface area contributed by atoms with Crippen LogP contribution in [0.25, 0.3) is 0 Å². The summed E-state index contributed by atoms with van der Waals surface area (Å²) >= 11 is 12.0. The number of halogens is 2. The third-order valence-electron chi connectivity index (χ3n) is 5.13. The van der Waals surface area contributed by atoms with Crippen LogP contribution in [0.1, 0.15) is 30.9 Å². The lowest BCUT2D eigenvalue weighted by molar-refractivity contribution is -0.120. The molecular weight excluding hydrogens is 431 g/mol. The number of nitrogens with one attached hydrogen (secondary N) is 1. The van der Waals surface area contributed by atoms with Gasteiger partial charge in [-0.3, -0.25) is 4.79 Å². The van der Waals surface area contributed by atoms with Gasteiger partial charge in [-0.05, 0) is 54.7 Å². The third-order valence-corrected chi connectivity index (χ3v) is 7.51. The Hall–Kier alpha value is -1.60. The van der Waals surface area contributed by atoms with Crippen molar-refractivity contribution in [1.29, 1.82) is 0 Å². The fraction of sp³-hybridized carbons (Fsp3) is 0.381. The third kappa shape index (κ3) is 5.72. The standard InChI is InChI=1S/C21H24Cl2N2O3S/c1-2-15-5-9-19(10-6-15)24-21(26)16-4-3-11-25(13-16)29(27,28)14-17-7-8-18(22)12-20(17)23/h5-10,12,16H,2-4,11,13-14H2,1H3,(H,24,26). The van der Waals surface area contributed by atoms with Gasteiger partial charge in [0.15, 0.2) is 0 Å². The van der Waals surface area contributed by atoms with Gasteiger partial charge >= 0.3 is 0 Å². The normalized spacial score (nSPS) is 17.8. The summed E-state index contributed by atoms with van der Waals surface area (Å²) in [5.74, 6) is -0.751. The van der Waals surface area contributed by atoms with E-state index in [0.29, 0.717) is 35.0 Å². The number of aryl methyl sites for hydroxylation is 1. The number of hydrogen-bond acceptors (Lipinski definition) is 3. The quantitative estimate of drug-likeness (QED) is 0.685. The Morgan fingerprint density at radius 3 is 2.55 bits per heavy atom. The molecule has 5 nitrogen and oxygen atoms in total. The smallest absolute Gasteiger partial charge is 0.228 e. The second-order valence-electron chi connectivity index (χ2n) is 7.23. The number of hydrogen-bond donors (Lipinski definition) is 1. The van der Waals surface area contributed by atoms with Crippen LogP contribution >= 0.6 is 23.2 Å². The molecule has 0 spiro atoms. The lowest BCUT2D eigenvalue weighted by atomic mass is 9.98. The monoisotopic (exact) mass is 454 g/mol. The van der Waals surface area contributed by atoms with Gasteiger partial charge in [0.1, 0.15) is 0 Å². The first-order valence-corrected chi connectivity index (χ1v) is 12.0.